The molecule has 0 radical (unpaired) electrons. The lowest BCUT2D eigenvalue weighted by Gasteiger charge is -2.36. The van der Waals surface area contributed by atoms with Crippen molar-refractivity contribution in [2.75, 3.05) is 20.1 Å². The van der Waals surface area contributed by atoms with Gasteiger partial charge in [0, 0.05) is 38.0 Å². The standard InChI is InChI=1S/C21H23FN4O2S/c1-13(27)25(2)16-7-9-26(10-8-16)12-19-23-17-11-18(29-20(17)21(28)24-19)14-3-5-15(22)6-4-14/h3-6,11,16H,7-10,12H2,1-2H3,(H,23,24,28). The molecular formula is C21H23FN4O2S. The van der Waals surface area contributed by atoms with Crippen LogP contribution < -0.4 is 5.56 Å². The Labute approximate surface area is 172 Å². The molecule has 2 aromatic heterocycles. The second-order valence-electron chi connectivity index (χ2n) is 7.48. The molecule has 4 rings (SSSR count). The number of benzene rings is 1. The van der Waals surface area contributed by atoms with Gasteiger partial charge >= 0.3 is 0 Å². The van der Waals surface area contributed by atoms with E-state index in [2.05, 4.69) is 14.9 Å². The van der Waals surface area contributed by atoms with Crippen LogP contribution in [0.3, 0.4) is 0 Å². The van der Waals surface area contributed by atoms with Crippen molar-refractivity contribution in [2.45, 2.75) is 32.4 Å². The van der Waals surface area contributed by atoms with Gasteiger partial charge in [0.25, 0.3) is 5.56 Å². The Hall–Kier alpha value is -2.58. The summed E-state index contributed by atoms with van der Waals surface area (Å²) in [6, 6.07) is 8.40. The highest BCUT2D eigenvalue weighted by Crippen LogP contribution is 2.31. The number of H-pyrrole nitrogens is 1. The number of carbonyl (C=O) groups excluding carboxylic acids is 1. The summed E-state index contributed by atoms with van der Waals surface area (Å²) in [4.78, 5) is 36.6. The lowest BCUT2D eigenvalue weighted by Crippen LogP contribution is -2.44. The minimum absolute atomic E-state index is 0.0920. The minimum atomic E-state index is -0.286. The van der Waals surface area contributed by atoms with Crippen molar-refractivity contribution in [3.63, 3.8) is 0 Å². The predicted molar refractivity (Wildman–Crippen MR) is 112 cm³/mol. The number of halogens is 1. The molecule has 3 heterocycles. The monoisotopic (exact) mass is 414 g/mol. The topological polar surface area (TPSA) is 69.3 Å². The van der Waals surface area contributed by atoms with Gasteiger partial charge in [-0.05, 0) is 36.6 Å². The summed E-state index contributed by atoms with van der Waals surface area (Å²) in [5, 5.41) is 0. The Kier molecular flexibility index (Phi) is 5.47. The van der Waals surface area contributed by atoms with E-state index >= 15 is 0 Å². The zero-order valence-corrected chi connectivity index (χ0v) is 17.3. The van der Waals surface area contributed by atoms with E-state index in [4.69, 9.17) is 0 Å². The molecule has 1 saturated heterocycles. The van der Waals surface area contributed by atoms with E-state index in [1.807, 2.05) is 18.0 Å². The quantitative estimate of drug-likeness (QED) is 0.712. The molecule has 8 heteroatoms. The first kappa shape index (κ1) is 19.7. The van der Waals surface area contributed by atoms with Crippen LogP contribution in [0, 0.1) is 5.82 Å². The smallest absolute Gasteiger partial charge is 0.268 e. The Morgan fingerprint density at radius 1 is 1.31 bits per heavy atom. The van der Waals surface area contributed by atoms with Gasteiger partial charge in [0.2, 0.25) is 5.91 Å². The maximum Gasteiger partial charge on any atom is 0.268 e. The van der Waals surface area contributed by atoms with Crippen molar-refractivity contribution in [3.05, 3.63) is 52.3 Å². The fraction of sp³-hybridized carbons (Fsp3) is 0.381. The van der Waals surface area contributed by atoms with Gasteiger partial charge in [-0.3, -0.25) is 14.5 Å². The van der Waals surface area contributed by atoms with Crippen molar-refractivity contribution >= 4 is 27.5 Å². The maximum absolute atomic E-state index is 13.2. The number of carbonyl (C=O) groups is 1. The second-order valence-corrected chi connectivity index (χ2v) is 8.53. The fourth-order valence-electron chi connectivity index (χ4n) is 3.75. The van der Waals surface area contributed by atoms with Gasteiger partial charge in [-0.1, -0.05) is 12.1 Å². The summed E-state index contributed by atoms with van der Waals surface area (Å²) in [5.74, 6) is 0.449. The largest absolute Gasteiger partial charge is 0.343 e. The van der Waals surface area contributed by atoms with Gasteiger partial charge < -0.3 is 9.88 Å². The van der Waals surface area contributed by atoms with Crippen LogP contribution in [0.1, 0.15) is 25.6 Å². The molecule has 3 aromatic rings. The predicted octanol–water partition coefficient (Wildman–Crippen LogP) is 3.23. The first-order valence-electron chi connectivity index (χ1n) is 9.65. The van der Waals surface area contributed by atoms with E-state index in [1.54, 1.807) is 19.1 Å². The zero-order valence-electron chi connectivity index (χ0n) is 16.4. The highest BCUT2D eigenvalue weighted by Gasteiger charge is 2.24. The third kappa shape index (κ3) is 4.23. The molecule has 1 aromatic carbocycles. The molecular weight excluding hydrogens is 391 g/mol. The highest BCUT2D eigenvalue weighted by molar-refractivity contribution is 7.22. The third-order valence-corrected chi connectivity index (χ3v) is 6.71. The molecule has 1 fully saturated rings. The van der Waals surface area contributed by atoms with E-state index in [1.165, 1.54) is 23.5 Å². The van der Waals surface area contributed by atoms with Crippen LogP contribution in [0.15, 0.2) is 35.1 Å². The van der Waals surface area contributed by atoms with Crippen LogP contribution in [0.2, 0.25) is 0 Å². The summed E-state index contributed by atoms with van der Waals surface area (Å²) in [6.07, 6.45) is 1.82. The van der Waals surface area contributed by atoms with Gasteiger partial charge in [0.1, 0.15) is 16.3 Å². The normalized spacial score (nSPS) is 15.7. The summed E-state index contributed by atoms with van der Waals surface area (Å²) < 4.78 is 13.7. The first-order valence-corrected chi connectivity index (χ1v) is 10.5. The van der Waals surface area contributed by atoms with Crippen molar-refractivity contribution in [2.24, 2.45) is 0 Å². The lowest BCUT2D eigenvalue weighted by atomic mass is 10.0. The Balaban J connectivity index is 1.50. The number of aromatic amines is 1. The van der Waals surface area contributed by atoms with E-state index in [9.17, 15) is 14.0 Å². The van der Waals surface area contributed by atoms with Gasteiger partial charge in [0.05, 0.1) is 12.1 Å². The average Bonchev–Trinajstić information content (AvgIpc) is 3.13. The van der Waals surface area contributed by atoms with Gasteiger partial charge in [-0.2, -0.15) is 0 Å². The molecule has 1 amide bonds. The van der Waals surface area contributed by atoms with Crippen molar-refractivity contribution in [1.82, 2.24) is 19.8 Å². The molecule has 0 unspecified atom stereocenters. The van der Waals surface area contributed by atoms with Crippen molar-refractivity contribution in [1.29, 1.82) is 0 Å². The fourth-order valence-corrected chi connectivity index (χ4v) is 4.75. The number of hydrogen-bond donors (Lipinski definition) is 1. The molecule has 1 aliphatic rings. The number of nitrogens with one attached hydrogen (secondary N) is 1. The minimum Gasteiger partial charge on any atom is -0.343 e. The van der Waals surface area contributed by atoms with Gasteiger partial charge in [0.15, 0.2) is 0 Å². The molecule has 29 heavy (non-hydrogen) atoms. The molecule has 0 aliphatic carbocycles. The molecule has 0 saturated carbocycles. The molecule has 0 atom stereocenters. The average molecular weight is 415 g/mol. The Bertz CT molecular complexity index is 1080. The summed E-state index contributed by atoms with van der Waals surface area (Å²) in [5.41, 5.74) is 1.39. The van der Waals surface area contributed by atoms with E-state index in [-0.39, 0.29) is 23.3 Å². The molecule has 152 valence electrons. The number of aromatic nitrogens is 2. The Morgan fingerprint density at radius 2 is 2.00 bits per heavy atom. The number of rotatable bonds is 4. The summed E-state index contributed by atoms with van der Waals surface area (Å²) in [7, 11) is 1.85. The number of likely N-dealkylation sites (tertiary alicyclic amines) is 1. The van der Waals surface area contributed by atoms with Gasteiger partial charge in [-0.25, -0.2) is 9.37 Å². The summed E-state index contributed by atoms with van der Waals surface area (Å²) in [6.45, 7) is 3.88. The van der Waals surface area contributed by atoms with Crippen LogP contribution in [0.5, 0.6) is 0 Å². The van der Waals surface area contributed by atoms with E-state index in [0.29, 0.717) is 22.6 Å². The number of fused-ring (bicyclic) bond motifs is 1. The van der Waals surface area contributed by atoms with Crippen molar-refractivity contribution < 1.29 is 9.18 Å². The highest BCUT2D eigenvalue weighted by atomic mass is 32.1. The Morgan fingerprint density at radius 3 is 2.66 bits per heavy atom. The molecule has 1 aliphatic heterocycles. The van der Waals surface area contributed by atoms with Gasteiger partial charge in [-0.15, -0.1) is 11.3 Å². The van der Waals surface area contributed by atoms with E-state index in [0.717, 1.165) is 36.4 Å². The maximum atomic E-state index is 13.2. The third-order valence-electron chi connectivity index (χ3n) is 5.54. The number of thiophene rings is 1. The van der Waals surface area contributed by atoms with Crippen LogP contribution in [0.4, 0.5) is 4.39 Å². The van der Waals surface area contributed by atoms with Crippen LogP contribution in [-0.2, 0) is 11.3 Å². The number of nitrogens with zero attached hydrogens (tertiary/aromatic N) is 3. The molecule has 1 N–H and O–H groups in total. The lowest BCUT2D eigenvalue weighted by molar-refractivity contribution is -0.130. The number of hydrogen-bond acceptors (Lipinski definition) is 5. The van der Waals surface area contributed by atoms with E-state index < -0.39 is 0 Å². The van der Waals surface area contributed by atoms with Crippen LogP contribution in [-0.4, -0.2) is 51.9 Å². The molecule has 6 nitrogen and oxygen atoms in total. The molecule has 0 bridgehead atoms. The SMILES string of the molecule is CC(=O)N(C)C1CCN(Cc2nc3cc(-c4ccc(F)cc4)sc3c(=O)[nH]2)CC1. The first-order chi connectivity index (χ1) is 13.9. The number of amides is 1. The number of piperidine rings is 1. The summed E-state index contributed by atoms with van der Waals surface area (Å²) >= 11 is 1.36. The van der Waals surface area contributed by atoms with Crippen LogP contribution >= 0.6 is 11.3 Å². The van der Waals surface area contributed by atoms with Crippen LogP contribution in [0.25, 0.3) is 20.7 Å². The molecule has 0 spiro atoms. The second kappa shape index (κ2) is 8.04. The van der Waals surface area contributed by atoms with Crippen molar-refractivity contribution in [3.8, 4) is 10.4 Å². The zero-order chi connectivity index (χ0) is 20.5.